The SMILES string of the molecule is CCCN(CCC)CCCCC1Cc2cc(CN(Cc3ncc[nH]3)C(C)c3ncc[nH]3)ccc2C1=O. The average Bonchev–Trinajstić information content (AvgIpc) is 3.64. The standard InChI is InChI=1S/C29H42N6O/c1-4-15-34(16-5-2)17-7-6-8-24-19-25-18-23(9-10-26(25)28(24)36)20-35(21-27-30-11-12-31-27)22(3)29-32-13-14-33-29/h9-14,18,22,24H,4-8,15-17,19-21H2,1-3H3,(H,30,31)(H,32,33). The number of benzene rings is 1. The first-order valence-electron chi connectivity index (χ1n) is 13.7. The number of hydrogen-bond donors (Lipinski definition) is 2. The molecule has 2 unspecified atom stereocenters. The van der Waals surface area contributed by atoms with Crippen LogP contribution in [0.3, 0.4) is 0 Å². The van der Waals surface area contributed by atoms with Crippen LogP contribution in [-0.4, -0.2) is 55.2 Å². The maximum atomic E-state index is 13.1. The predicted molar refractivity (Wildman–Crippen MR) is 144 cm³/mol. The van der Waals surface area contributed by atoms with Gasteiger partial charge in [-0.2, -0.15) is 0 Å². The van der Waals surface area contributed by atoms with E-state index >= 15 is 0 Å². The van der Waals surface area contributed by atoms with Gasteiger partial charge in [0.2, 0.25) is 0 Å². The minimum atomic E-state index is 0.104. The Kier molecular flexibility index (Phi) is 9.47. The summed E-state index contributed by atoms with van der Waals surface area (Å²) in [7, 11) is 0. The molecule has 0 amide bonds. The van der Waals surface area contributed by atoms with Gasteiger partial charge in [0.25, 0.3) is 0 Å². The van der Waals surface area contributed by atoms with E-state index in [1.54, 1.807) is 12.4 Å². The van der Waals surface area contributed by atoms with Gasteiger partial charge in [-0.15, -0.1) is 0 Å². The highest BCUT2D eigenvalue weighted by atomic mass is 16.1. The Hall–Kier alpha value is -2.77. The molecule has 1 aliphatic carbocycles. The lowest BCUT2D eigenvalue weighted by atomic mass is 9.98. The predicted octanol–water partition coefficient (Wildman–Crippen LogP) is 5.54. The molecule has 2 N–H and O–H groups in total. The van der Waals surface area contributed by atoms with Crippen molar-refractivity contribution in [2.45, 2.75) is 78.4 Å². The lowest BCUT2D eigenvalue weighted by Crippen LogP contribution is -2.27. The van der Waals surface area contributed by atoms with E-state index in [2.05, 4.69) is 68.7 Å². The molecular weight excluding hydrogens is 448 g/mol. The quantitative estimate of drug-likeness (QED) is 0.273. The van der Waals surface area contributed by atoms with Crippen molar-refractivity contribution in [3.63, 3.8) is 0 Å². The zero-order valence-electron chi connectivity index (χ0n) is 22.2. The summed E-state index contributed by atoms with van der Waals surface area (Å²) >= 11 is 0. The molecule has 0 aliphatic heterocycles. The molecule has 2 aromatic heterocycles. The fraction of sp³-hybridized carbons (Fsp3) is 0.552. The number of fused-ring (bicyclic) bond motifs is 1. The third kappa shape index (κ3) is 6.71. The van der Waals surface area contributed by atoms with E-state index in [-0.39, 0.29) is 12.0 Å². The van der Waals surface area contributed by atoms with Gasteiger partial charge < -0.3 is 14.9 Å². The first-order valence-corrected chi connectivity index (χ1v) is 13.7. The summed E-state index contributed by atoms with van der Waals surface area (Å²) in [6.45, 7) is 11.6. The lowest BCUT2D eigenvalue weighted by molar-refractivity contribution is 0.0928. The summed E-state index contributed by atoms with van der Waals surface area (Å²) in [5.74, 6) is 2.35. The van der Waals surface area contributed by atoms with Gasteiger partial charge in [-0.25, -0.2) is 9.97 Å². The average molecular weight is 491 g/mol. The molecule has 0 fully saturated rings. The van der Waals surface area contributed by atoms with Crippen molar-refractivity contribution in [1.82, 2.24) is 29.7 Å². The van der Waals surface area contributed by atoms with Crippen LogP contribution in [0.1, 0.15) is 92.1 Å². The highest BCUT2D eigenvalue weighted by Crippen LogP contribution is 2.32. The number of carbonyl (C=O) groups is 1. The van der Waals surface area contributed by atoms with Crippen LogP contribution in [0.15, 0.2) is 43.0 Å². The third-order valence-electron chi connectivity index (χ3n) is 7.39. The number of imidazole rings is 2. The molecule has 1 aromatic carbocycles. The van der Waals surface area contributed by atoms with E-state index < -0.39 is 0 Å². The Labute approximate surface area is 215 Å². The number of nitrogens with one attached hydrogen (secondary N) is 2. The zero-order chi connectivity index (χ0) is 25.3. The van der Waals surface area contributed by atoms with Gasteiger partial charge >= 0.3 is 0 Å². The van der Waals surface area contributed by atoms with E-state index in [1.807, 2.05) is 12.4 Å². The Morgan fingerprint density at radius 2 is 1.78 bits per heavy atom. The lowest BCUT2D eigenvalue weighted by Gasteiger charge is -2.27. The highest BCUT2D eigenvalue weighted by Gasteiger charge is 2.30. The van der Waals surface area contributed by atoms with Gasteiger partial charge in [0.15, 0.2) is 5.78 Å². The van der Waals surface area contributed by atoms with Crippen molar-refractivity contribution < 1.29 is 4.79 Å². The Balaban J connectivity index is 1.36. The summed E-state index contributed by atoms with van der Waals surface area (Å²) in [6.07, 6.45) is 13.9. The van der Waals surface area contributed by atoms with Crippen LogP contribution in [-0.2, 0) is 19.5 Å². The summed E-state index contributed by atoms with van der Waals surface area (Å²) in [6, 6.07) is 6.53. The Morgan fingerprint density at radius 1 is 1.00 bits per heavy atom. The number of aromatic nitrogens is 4. The summed E-state index contributed by atoms with van der Waals surface area (Å²) in [4.78, 5) is 33.4. The van der Waals surface area contributed by atoms with Gasteiger partial charge in [0.1, 0.15) is 11.6 Å². The second-order valence-electron chi connectivity index (χ2n) is 10.2. The summed E-state index contributed by atoms with van der Waals surface area (Å²) in [5, 5.41) is 0. The minimum absolute atomic E-state index is 0.104. The van der Waals surface area contributed by atoms with Gasteiger partial charge in [0.05, 0.1) is 12.6 Å². The number of H-pyrrole nitrogens is 2. The van der Waals surface area contributed by atoms with Gasteiger partial charge in [-0.05, 0) is 69.8 Å². The number of Topliss-reactive ketones (excluding diaryl/α,β-unsaturated/α-hetero) is 1. The Morgan fingerprint density at radius 3 is 2.47 bits per heavy atom. The van der Waals surface area contributed by atoms with Crippen LogP contribution in [0.5, 0.6) is 0 Å². The summed E-state index contributed by atoms with van der Waals surface area (Å²) in [5.41, 5.74) is 3.37. The van der Waals surface area contributed by atoms with Crippen LogP contribution in [0.25, 0.3) is 0 Å². The molecule has 3 aromatic rings. The molecule has 7 nitrogen and oxygen atoms in total. The smallest absolute Gasteiger partial charge is 0.166 e. The zero-order valence-corrected chi connectivity index (χ0v) is 22.2. The third-order valence-corrected chi connectivity index (χ3v) is 7.39. The molecule has 0 saturated heterocycles. The number of aromatic amines is 2. The van der Waals surface area contributed by atoms with Crippen LogP contribution < -0.4 is 0 Å². The molecule has 1 aliphatic rings. The maximum absolute atomic E-state index is 13.1. The number of ketones is 1. The topological polar surface area (TPSA) is 80.9 Å². The number of nitrogens with zero attached hydrogens (tertiary/aromatic N) is 4. The van der Waals surface area contributed by atoms with E-state index in [0.717, 1.165) is 49.6 Å². The first-order chi connectivity index (χ1) is 17.6. The minimum Gasteiger partial charge on any atom is -0.348 e. The second kappa shape index (κ2) is 13.0. The molecule has 2 heterocycles. The van der Waals surface area contributed by atoms with Crippen molar-refractivity contribution in [1.29, 1.82) is 0 Å². The van der Waals surface area contributed by atoms with Gasteiger partial charge in [-0.1, -0.05) is 38.5 Å². The van der Waals surface area contributed by atoms with Crippen molar-refractivity contribution in [2.75, 3.05) is 19.6 Å². The second-order valence-corrected chi connectivity index (χ2v) is 10.2. The van der Waals surface area contributed by atoms with E-state index in [0.29, 0.717) is 12.3 Å². The molecular formula is C29H42N6O. The van der Waals surface area contributed by atoms with Gasteiger partial charge in [0, 0.05) is 42.8 Å². The van der Waals surface area contributed by atoms with Crippen molar-refractivity contribution in [3.05, 3.63) is 71.3 Å². The van der Waals surface area contributed by atoms with Crippen LogP contribution in [0.2, 0.25) is 0 Å². The van der Waals surface area contributed by atoms with Crippen molar-refractivity contribution in [2.24, 2.45) is 5.92 Å². The number of carbonyl (C=O) groups excluding carboxylic acids is 1. The van der Waals surface area contributed by atoms with E-state index in [1.165, 1.54) is 43.5 Å². The molecule has 0 bridgehead atoms. The normalized spacial score (nSPS) is 16.2. The molecule has 0 saturated carbocycles. The van der Waals surface area contributed by atoms with E-state index in [9.17, 15) is 4.79 Å². The molecule has 4 rings (SSSR count). The largest absolute Gasteiger partial charge is 0.348 e. The summed E-state index contributed by atoms with van der Waals surface area (Å²) < 4.78 is 0. The fourth-order valence-electron chi connectivity index (χ4n) is 5.48. The van der Waals surface area contributed by atoms with Crippen LogP contribution >= 0.6 is 0 Å². The first kappa shape index (κ1) is 26.3. The molecule has 7 heteroatoms. The van der Waals surface area contributed by atoms with E-state index in [4.69, 9.17) is 0 Å². The van der Waals surface area contributed by atoms with Gasteiger partial charge in [-0.3, -0.25) is 9.69 Å². The van der Waals surface area contributed by atoms with Crippen LogP contribution in [0, 0.1) is 5.92 Å². The van der Waals surface area contributed by atoms with Crippen molar-refractivity contribution in [3.8, 4) is 0 Å². The number of unbranched alkanes of at least 4 members (excludes halogenated alkanes) is 1. The van der Waals surface area contributed by atoms with Crippen molar-refractivity contribution >= 4 is 5.78 Å². The molecule has 36 heavy (non-hydrogen) atoms. The number of hydrogen-bond acceptors (Lipinski definition) is 5. The maximum Gasteiger partial charge on any atom is 0.166 e. The molecule has 2 atom stereocenters. The number of rotatable bonds is 15. The highest BCUT2D eigenvalue weighted by molar-refractivity contribution is 6.02. The Bertz CT molecular complexity index is 1060. The fourth-order valence-corrected chi connectivity index (χ4v) is 5.48. The molecule has 194 valence electrons. The molecule has 0 spiro atoms. The molecule has 0 radical (unpaired) electrons. The van der Waals surface area contributed by atoms with Crippen LogP contribution in [0.4, 0.5) is 0 Å². The monoisotopic (exact) mass is 490 g/mol.